The Morgan fingerprint density at radius 3 is 2.76 bits per heavy atom. The van der Waals surface area contributed by atoms with Gasteiger partial charge in [-0.2, -0.15) is 5.10 Å². The van der Waals surface area contributed by atoms with Crippen LogP contribution in [0, 0.1) is 10.1 Å². The quantitative estimate of drug-likeness (QED) is 0.613. The molecular formula is C14H18N4O3. The molecule has 0 saturated heterocycles. The molecule has 1 aromatic carbocycles. The van der Waals surface area contributed by atoms with Gasteiger partial charge in [0.05, 0.1) is 17.6 Å². The van der Waals surface area contributed by atoms with Gasteiger partial charge in [-0.25, -0.2) is 0 Å². The van der Waals surface area contributed by atoms with Crippen molar-refractivity contribution in [1.29, 1.82) is 0 Å². The van der Waals surface area contributed by atoms with Crippen LogP contribution in [0.4, 0.5) is 5.69 Å². The van der Waals surface area contributed by atoms with Gasteiger partial charge < -0.3 is 5.11 Å². The van der Waals surface area contributed by atoms with E-state index < -0.39 is 11.0 Å². The first-order chi connectivity index (χ1) is 10.0. The van der Waals surface area contributed by atoms with E-state index in [0.717, 1.165) is 6.54 Å². The number of likely N-dealkylation sites (N-methyl/N-ethyl adjacent to an activating group) is 1. The minimum atomic E-state index is -0.641. The predicted molar refractivity (Wildman–Crippen MR) is 77.7 cm³/mol. The van der Waals surface area contributed by atoms with Crippen molar-refractivity contribution >= 4 is 5.69 Å². The molecule has 7 nitrogen and oxygen atoms in total. The Morgan fingerprint density at radius 1 is 1.43 bits per heavy atom. The normalized spacial score (nSPS) is 12.5. The molecule has 1 heterocycles. The average molecular weight is 290 g/mol. The van der Waals surface area contributed by atoms with Gasteiger partial charge in [-0.3, -0.25) is 19.7 Å². The Hall–Kier alpha value is -2.25. The molecule has 7 heteroatoms. The van der Waals surface area contributed by atoms with Crippen LogP contribution in [0.25, 0.3) is 0 Å². The van der Waals surface area contributed by atoms with E-state index in [1.807, 2.05) is 42.3 Å². The molecule has 1 N–H and O–H groups in total. The first-order valence-corrected chi connectivity index (χ1v) is 6.62. The Labute approximate surface area is 122 Å². The molecule has 0 aliphatic heterocycles. The van der Waals surface area contributed by atoms with Gasteiger partial charge in [0.15, 0.2) is 0 Å². The van der Waals surface area contributed by atoms with Gasteiger partial charge in [-0.1, -0.05) is 30.3 Å². The second-order valence-electron chi connectivity index (χ2n) is 5.01. The van der Waals surface area contributed by atoms with Crippen molar-refractivity contribution in [2.75, 3.05) is 13.6 Å². The number of nitro groups is 1. The third kappa shape index (κ3) is 4.66. The zero-order chi connectivity index (χ0) is 15.2. The molecule has 2 rings (SSSR count). The van der Waals surface area contributed by atoms with Crippen LogP contribution < -0.4 is 0 Å². The van der Waals surface area contributed by atoms with Crippen molar-refractivity contribution in [3.8, 4) is 0 Å². The lowest BCUT2D eigenvalue weighted by Crippen LogP contribution is -2.31. The highest BCUT2D eigenvalue weighted by Gasteiger charge is 2.13. The van der Waals surface area contributed by atoms with Crippen molar-refractivity contribution in [2.24, 2.45) is 0 Å². The van der Waals surface area contributed by atoms with Crippen molar-refractivity contribution in [3.05, 3.63) is 58.4 Å². The van der Waals surface area contributed by atoms with Gasteiger partial charge >= 0.3 is 5.69 Å². The molecule has 21 heavy (non-hydrogen) atoms. The van der Waals surface area contributed by atoms with Crippen molar-refractivity contribution in [3.63, 3.8) is 0 Å². The van der Waals surface area contributed by atoms with E-state index in [0.29, 0.717) is 6.54 Å². The molecule has 0 spiro atoms. The molecule has 112 valence electrons. The van der Waals surface area contributed by atoms with E-state index in [2.05, 4.69) is 5.10 Å². The first-order valence-electron chi connectivity index (χ1n) is 6.62. The van der Waals surface area contributed by atoms with E-state index in [4.69, 9.17) is 0 Å². The van der Waals surface area contributed by atoms with Gasteiger partial charge in [0.25, 0.3) is 0 Å². The summed E-state index contributed by atoms with van der Waals surface area (Å²) < 4.78 is 1.39. The second-order valence-corrected chi connectivity index (χ2v) is 5.01. The zero-order valence-electron chi connectivity index (χ0n) is 11.8. The standard InChI is InChI=1S/C14H18N4O3/c1-16(8-12-5-3-2-4-6-12)10-14(19)11-17-9-13(7-15-17)18(20)21/h2-7,9,14,19H,8,10-11H2,1H3. The summed E-state index contributed by atoms with van der Waals surface area (Å²) in [7, 11) is 1.92. The summed E-state index contributed by atoms with van der Waals surface area (Å²) in [5.74, 6) is 0. The van der Waals surface area contributed by atoms with Crippen LogP contribution in [0.1, 0.15) is 5.56 Å². The van der Waals surface area contributed by atoms with E-state index >= 15 is 0 Å². The average Bonchev–Trinajstić information content (AvgIpc) is 2.88. The van der Waals surface area contributed by atoms with Crippen LogP contribution in [-0.2, 0) is 13.1 Å². The summed E-state index contributed by atoms with van der Waals surface area (Å²) in [5, 5.41) is 24.5. The summed E-state index contributed by atoms with van der Waals surface area (Å²) in [6.07, 6.45) is 1.86. The summed E-state index contributed by atoms with van der Waals surface area (Å²) in [6, 6.07) is 9.97. The monoisotopic (exact) mass is 290 g/mol. The molecule has 0 fully saturated rings. The van der Waals surface area contributed by atoms with Crippen molar-refractivity contribution < 1.29 is 10.0 Å². The first kappa shape index (κ1) is 15.1. The minimum absolute atomic E-state index is 0.0696. The molecule has 0 radical (unpaired) electrons. The van der Waals surface area contributed by atoms with Gasteiger partial charge in [0.1, 0.15) is 12.4 Å². The summed E-state index contributed by atoms with van der Waals surface area (Å²) in [5.41, 5.74) is 1.10. The molecule has 1 aromatic heterocycles. The molecule has 1 atom stereocenters. The van der Waals surface area contributed by atoms with E-state index in [1.54, 1.807) is 0 Å². The topological polar surface area (TPSA) is 84.4 Å². The molecule has 2 aromatic rings. The van der Waals surface area contributed by atoms with Crippen LogP contribution in [0.15, 0.2) is 42.7 Å². The lowest BCUT2D eigenvalue weighted by Gasteiger charge is -2.20. The molecule has 0 aliphatic rings. The summed E-state index contributed by atoms with van der Waals surface area (Å²) >= 11 is 0. The zero-order valence-corrected chi connectivity index (χ0v) is 11.8. The fourth-order valence-electron chi connectivity index (χ4n) is 2.14. The van der Waals surface area contributed by atoms with E-state index in [1.165, 1.54) is 22.6 Å². The Morgan fingerprint density at radius 2 is 2.14 bits per heavy atom. The van der Waals surface area contributed by atoms with Crippen LogP contribution >= 0.6 is 0 Å². The summed E-state index contributed by atoms with van der Waals surface area (Å²) in [4.78, 5) is 12.1. The highest BCUT2D eigenvalue weighted by atomic mass is 16.6. The number of aliphatic hydroxyl groups is 1. The SMILES string of the molecule is CN(Cc1ccccc1)CC(O)Cn1cc([N+](=O)[O-])cn1. The van der Waals surface area contributed by atoms with E-state index in [-0.39, 0.29) is 12.2 Å². The van der Waals surface area contributed by atoms with Gasteiger partial charge in [-0.15, -0.1) is 0 Å². The van der Waals surface area contributed by atoms with Crippen LogP contribution in [0.3, 0.4) is 0 Å². The maximum Gasteiger partial charge on any atom is 0.306 e. The molecule has 0 amide bonds. The maximum atomic E-state index is 10.6. The fourth-order valence-corrected chi connectivity index (χ4v) is 2.14. The Bertz CT molecular complexity index is 585. The number of benzene rings is 1. The number of rotatable bonds is 7. The highest BCUT2D eigenvalue weighted by Crippen LogP contribution is 2.09. The number of hydrogen-bond donors (Lipinski definition) is 1. The third-order valence-corrected chi connectivity index (χ3v) is 3.05. The molecule has 1 unspecified atom stereocenters. The highest BCUT2D eigenvalue weighted by molar-refractivity contribution is 5.20. The minimum Gasteiger partial charge on any atom is -0.390 e. The predicted octanol–water partition coefficient (Wildman–Crippen LogP) is 1.28. The van der Waals surface area contributed by atoms with Crippen LogP contribution in [0.5, 0.6) is 0 Å². The number of nitrogens with zero attached hydrogens (tertiary/aromatic N) is 4. The lowest BCUT2D eigenvalue weighted by atomic mass is 10.2. The lowest BCUT2D eigenvalue weighted by molar-refractivity contribution is -0.385. The smallest absolute Gasteiger partial charge is 0.306 e. The molecular weight excluding hydrogens is 272 g/mol. The van der Waals surface area contributed by atoms with Gasteiger partial charge in [0, 0.05) is 13.1 Å². The number of aromatic nitrogens is 2. The molecule has 0 bridgehead atoms. The van der Waals surface area contributed by atoms with E-state index in [9.17, 15) is 15.2 Å². The summed E-state index contributed by atoms with van der Waals surface area (Å²) in [6.45, 7) is 1.42. The third-order valence-electron chi connectivity index (χ3n) is 3.05. The molecule has 0 saturated carbocycles. The van der Waals surface area contributed by atoms with Crippen LogP contribution in [0.2, 0.25) is 0 Å². The second kappa shape index (κ2) is 6.96. The fraction of sp³-hybridized carbons (Fsp3) is 0.357. The van der Waals surface area contributed by atoms with Gasteiger partial charge in [-0.05, 0) is 12.6 Å². The largest absolute Gasteiger partial charge is 0.390 e. The van der Waals surface area contributed by atoms with Crippen molar-refractivity contribution in [2.45, 2.75) is 19.2 Å². The Kier molecular flexibility index (Phi) is 5.02. The number of aliphatic hydroxyl groups excluding tert-OH is 1. The maximum absolute atomic E-state index is 10.6. The Balaban J connectivity index is 1.83. The van der Waals surface area contributed by atoms with Gasteiger partial charge in [0.2, 0.25) is 0 Å². The van der Waals surface area contributed by atoms with Crippen molar-refractivity contribution in [1.82, 2.24) is 14.7 Å². The van der Waals surface area contributed by atoms with Crippen LogP contribution in [-0.4, -0.2) is 44.4 Å². The molecule has 0 aliphatic carbocycles. The number of hydrogen-bond acceptors (Lipinski definition) is 5.